The predicted octanol–water partition coefficient (Wildman–Crippen LogP) is 3.96. The van der Waals surface area contributed by atoms with Crippen molar-refractivity contribution in [3.05, 3.63) is 53.5 Å². The minimum Gasteiger partial charge on any atom is -0.493 e. The second-order valence-electron chi connectivity index (χ2n) is 7.67. The maximum absolute atomic E-state index is 10.6. The van der Waals surface area contributed by atoms with E-state index in [2.05, 4.69) is 40.7 Å². The molecule has 1 aliphatic carbocycles. The van der Waals surface area contributed by atoms with Crippen LogP contribution >= 0.6 is 24.0 Å². The van der Waals surface area contributed by atoms with Gasteiger partial charge in [0.2, 0.25) is 0 Å². The van der Waals surface area contributed by atoms with Crippen molar-refractivity contribution >= 4 is 29.9 Å². The van der Waals surface area contributed by atoms with Crippen molar-refractivity contribution < 1.29 is 14.3 Å². The third-order valence-corrected chi connectivity index (χ3v) is 4.80. The minimum absolute atomic E-state index is 0. The number of hydrogen-bond acceptors (Lipinski definition) is 4. The van der Waals surface area contributed by atoms with Gasteiger partial charge in [-0.15, -0.1) is 24.0 Å². The molecule has 29 heavy (non-hydrogen) atoms. The van der Waals surface area contributed by atoms with Gasteiger partial charge in [0.25, 0.3) is 0 Å². The van der Waals surface area contributed by atoms with Gasteiger partial charge in [-0.25, -0.2) is 4.99 Å². The summed E-state index contributed by atoms with van der Waals surface area (Å²) >= 11 is 0. The molecule has 6 nitrogen and oxygen atoms in total. The maximum Gasteiger partial charge on any atom is 0.191 e. The summed E-state index contributed by atoms with van der Waals surface area (Å²) < 4.78 is 11.4. The lowest BCUT2D eigenvalue weighted by Crippen LogP contribution is -2.44. The summed E-state index contributed by atoms with van der Waals surface area (Å²) in [4.78, 5) is 4.67. The van der Waals surface area contributed by atoms with E-state index in [1.807, 2.05) is 6.92 Å². The summed E-state index contributed by atoms with van der Waals surface area (Å²) in [6, 6.07) is 9.76. The third kappa shape index (κ3) is 7.22. The predicted molar refractivity (Wildman–Crippen MR) is 126 cm³/mol. The average molecular weight is 513 g/mol. The summed E-state index contributed by atoms with van der Waals surface area (Å²) in [7, 11) is 0. The van der Waals surface area contributed by atoms with Gasteiger partial charge < -0.3 is 24.9 Å². The van der Waals surface area contributed by atoms with Crippen molar-refractivity contribution in [1.29, 1.82) is 0 Å². The van der Waals surface area contributed by atoms with Gasteiger partial charge in [0, 0.05) is 12.1 Å². The fraction of sp³-hybridized carbons (Fsp3) is 0.500. The number of aliphatic imine (C=N–C) groups is 1. The summed E-state index contributed by atoms with van der Waals surface area (Å²) in [5, 5.41) is 17.0. The Hall–Kier alpha value is -1.74. The summed E-state index contributed by atoms with van der Waals surface area (Å²) in [5.74, 6) is 2.78. The first-order chi connectivity index (χ1) is 13.5. The number of nitrogens with zero attached hydrogens (tertiary/aromatic N) is 1. The molecule has 1 heterocycles. The largest absolute Gasteiger partial charge is 0.493 e. The zero-order valence-corrected chi connectivity index (χ0v) is 19.7. The number of guanidine groups is 1. The van der Waals surface area contributed by atoms with E-state index in [9.17, 15) is 5.11 Å². The molecule has 1 fully saturated rings. The van der Waals surface area contributed by atoms with Crippen molar-refractivity contribution in [2.75, 3.05) is 19.7 Å². The molecule has 0 bridgehead atoms. The second-order valence-corrected chi connectivity index (χ2v) is 7.67. The molecule has 3 rings (SSSR count). The highest BCUT2D eigenvalue weighted by Crippen LogP contribution is 2.31. The number of aryl methyl sites for hydroxylation is 1. The van der Waals surface area contributed by atoms with Crippen molar-refractivity contribution in [1.82, 2.24) is 10.6 Å². The van der Waals surface area contributed by atoms with Crippen LogP contribution in [0.1, 0.15) is 43.6 Å². The molecule has 1 aromatic heterocycles. The van der Waals surface area contributed by atoms with Crippen molar-refractivity contribution in [3.63, 3.8) is 0 Å². The zero-order chi connectivity index (χ0) is 20.0. The van der Waals surface area contributed by atoms with Gasteiger partial charge >= 0.3 is 0 Å². The summed E-state index contributed by atoms with van der Waals surface area (Å²) in [6.45, 7) is 8.09. The van der Waals surface area contributed by atoms with Gasteiger partial charge in [-0.3, -0.25) is 0 Å². The van der Waals surface area contributed by atoms with E-state index >= 15 is 0 Å². The normalized spacial score (nSPS) is 15.9. The van der Waals surface area contributed by atoms with Crippen LogP contribution < -0.4 is 15.4 Å². The van der Waals surface area contributed by atoms with Gasteiger partial charge in [0.05, 0.1) is 26.0 Å². The first-order valence-corrected chi connectivity index (χ1v) is 9.99. The van der Waals surface area contributed by atoms with E-state index in [4.69, 9.17) is 9.15 Å². The number of ether oxygens (including phenoxy) is 1. The smallest absolute Gasteiger partial charge is 0.191 e. The Labute approximate surface area is 190 Å². The molecule has 0 aliphatic heterocycles. The molecule has 160 valence electrons. The van der Waals surface area contributed by atoms with E-state index < -0.39 is 5.60 Å². The van der Waals surface area contributed by atoms with Crippen LogP contribution in [-0.2, 0) is 12.1 Å². The lowest BCUT2D eigenvalue weighted by molar-refractivity contribution is 0.0386. The van der Waals surface area contributed by atoms with Crippen LogP contribution in [-0.4, -0.2) is 30.8 Å². The van der Waals surface area contributed by atoms with E-state index in [0.29, 0.717) is 24.2 Å². The van der Waals surface area contributed by atoms with Gasteiger partial charge in [-0.2, -0.15) is 0 Å². The van der Waals surface area contributed by atoms with E-state index in [1.165, 1.54) is 18.4 Å². The number of rotatable bonds is 9. The topological polar surface area (TPSA) is 79.0 Å². The molecule has 7 heteroatoms. The maximum atomic E-state index is 10.6. The molecule has 2 aromatic rings. The number of aliphatic hydroxyl groups is 1. The van der Waals surface area contributed by atoms with Crippen LogP contribution in [0, 0.1) is 12.8 Å². The second kappa shape index (κ2) is 10.9. The highest BCUT2D eigenvalue weighted by atomic mass is 127. The first kappa shape index (κ1) is 23.5. The van der Waals surface area contributed by atoms with Gasteiger partial charge in [-0.05, 0) is 63.3 Å². The monoisotopic (exact) mass is 513 g/mol. The molecular formula is C22H32IN3O3. The Morgan fingerprint density at radius 1 is 1.31 bits per heavy atom. The molecule has 0 radical (unpaired) electrons. The van der Waals surface area contributed by atoms with E-state index in [-0.39, 0.29) is 30.5 Å². The van der Waals surface area contributed by atoms with Crippen molar-refractivity contribution in [2.24, 2.45) is 10.9 Å². The highest BCUT2D eigenvalue weighted by Gasteiger charge is 2.26. The number of nitrogens with one attached hydrogen (secondary N) is 2. The quantitative estimate of drug-likeness (QED) is 0.269. The van der Waals surface area contributed by atoms with Gasteiger partial charge in [-0.1, -0.05) is 12.1 Å². The Balaban J connectivity index is 0.00000300. The lowest BCUT2D eigenvalue weighted by Gasteiger charge is -2.22. The van der Waals surface area contributed by atoms with Crippen LogP contribution in [0.25, 0.3) is 0 Å². The van der Waals surface area contributed by atoms with Crippen molar-refractivity contribution in [3.8, 4) is 5.75 Å². The Morgan fingerprint density at radius 2 is 2.10 bits per heavy atom. The molecule has 1 unspecified atom stereocenters. The van der Waals surface area contributed by atoms with Crippen LogP contribution in [0.3, 0.4) is 0 Å². The molecule has 3 N–H and O–H groups in total. The zero-order valence-electron chi connectivity index (χ0n) is 17.4. The van der Waals surface area contributed by atoms with Crippen LogP contribution in [0.15, 0.2) is 46.0 Å². The van der Waals surface area contributed by atoms with Crippen LogP contribution in [0.2, 0.25) is 0 Å². The molecular weight excluding hydrogens is 481 g/mol. The molecule has 1 aliphatic rings. The van der Waals surface area contributed by atoms with Gasteiger partial charge in [0.15, 0.2) is 5.96 Å². The molecule has 0 spiro atoms. The first-order valence-electron chi connectivity index (χ1n) is 9.99. The van der Waals surface area contributed by atoms with Crippen molar-refractivity contribution in [2.45, 2.75) is 45.8 Å². The van der Waals surface area contributed by atoms with Crippen LogP contribution in [0.4, 0.5) is 0 Å². The third-order valence-electron chi connectivity index (χ3n) is 4.80. The SMILES string of the molecule is CCNC(=NCc1ccc(C)cc1OCC1CC1)NCC(C)(O)c1ccco1.I. The lowest BCUT2D eigenvalue weighted by atomic mass is 10.0. The summed E-state index contributed by atoms with van der Waals surface area (Å²) in [5.41, 5.74) is 1.11. The van der Waals surface area contributed by atoms with E-state index in [1.54, 1.807) is 25.3 Å². The average Bonchev–Trinajstić information content (AvgIpc) is 3.32. The standard InChI is InChI=1S/C22H31N3O3.HI/c1-4-23-21(25-15-22(3,26)20-6-5-11-27-20)24-13-18-10-7-16(2)12-19(18)28-14-17-8-9-17;/h5-7,10-12,17,26H,4,8-9,13-15H2,1-3H3,(H2,23,24,25);1H. The number of furan rings is 1. The number of halogens is 1. The fourth-order valence-electron chi connectivity index (χ4n) is 2.85. The number of hydrogen-bond donors (Lipinski definition) is 3. The molecule has 1 aromatic carbocycles. The highest BCUT2D eigenvalue weighted by molar-refractivity contribution is 14.0. The Kier molecular flexibility index (Phi) is 8.82. The van der Waals surface area contributed by atoms with E-state index in [0.717, 1.165) is 24.5 Å². The number of benzene rings is 1. The molecule has 0 saturated heterocycles. The minimum atomic E-state index is -1.12. The molecule has 1 saturated carbocycles. The summed E-state index contributed by atoms with van der Waals surface area (Å²) in [6.07, 6.45) is 4.09. The van der Waals surface area contributed by atoms with Gasteiger partial charge in [0.1, 0.15) is 17.1 Å². The Bertz CT molecular complexity index is 787. The van der Waals surface area contributed by atoms with Crippen LogP contribution in [0.5, 0.6) is 5.75 Å². The Morgan fingerprint density at radius 3 is 2.76 bits per heavy atom. The molecule has 1 atom stereocenters. The fourth-order valence-corrected chi connectivity index (χ4v) is 2.85. The molecule has 0 amide bonds.